The van der Waals surface area contributed by atoms with Crippen molar-refractivity contribution in [1.82, 2.24) is 14.9 Å². The maximum Gasteiger partial charge on any atom is 0.227 e. The van der Waals surface area contributed by atoms with Crippen LogP contribution < -0.4 is 5.32 Å². The predicted octanol–water partition coefficient (Wildman–Crippen LogP) is 0.877. The lowest BCUT2D eigenvalue weighted by Crippen LogP contribution is -2.41. The highest BCUT2D eigenvalue weighted by molar-refractivity contribution is 5.78. The number of aryl methyl sites for hydroxylation is 1. The van der Waals surface area contributed by atoms with Gasteiger partial charge in [-0.3, -0.25) is 4.79 Å². The molecule has 1 rings (SSSR count). The highest BCUT2D eigenvalue weighted by Crippen LogP contribution is 2.01. The zero-order chi connectivity index (χ0) is 10.8. The van der Waals surface area contributed by atoms with E-state index in [2.05, 4.69) is 10.3 Å². The Hall–Kier alpha value is -1.32. The molecule has 0 atom stereocenters. The molecule has 0 unspecified atom stereocenters. The van der Waals surface area contributed by atoms with E-state index in [9.17, 15) is 4.79 Å². The van der Waals surface area contributed by atoms with Gasteiger partial charge >= 0.3 is 0 Å². The summed E-state index contributed by atoms with van der Waals surface area (Å²) in [5.74, 6) is 0.790. The maximum absolute atomic E-state index is 11.5. The van der Waals surface area contributed by atoms with Gasteiger partial charge in [0.05, 0.1) is 6.42 Å². The minimum absolute atomic E-state index is 0.00630. The summed E-state index contributed by atoms with van der Waals surface area (Å²) in [5.41, 5.74) is -0.178. The topological polar surface area (TPSA) is 46.9 Å². The summed E-state index contributed by atoms with van der Waals surface area (Å²) in [6, 6.07) is 0. The minimum Gasteiger partial charge on any atom is -0.351 e. The van der Waals surface area contributed by atoms with Crippen LogP contribution in [0.5, 0.6) is 0 Å². The standard InChI is InChI=1S/C10H17N3O/c1-10(2,3)12-9(14)7-8-11-5-6-13(8)4/h5-6H,7H2,1-4H3,(H,12,14). The molecule has 4 nitrogen and oxygen atoms in total. The van der Waals surface area contributed by atoms with E-state index in [4.69, 9.17) is 0 Å². The van der Waals surface area contributed by atoms with E-state index in [1.54, 1.807) is 6.20 Å². The fraction of sp³-hybridized carbons (Fsp3) is 0.600. The Morgan fingerprint density at radius 3 is 2.64 bits per heavy atom. The van der Waals surface area contributed by atoms with Crippen LogP contribution in [-0.2, 0) is 18.3 Å². The Kier molecular flexibility index (Phi) is 2.93. The molecule has 1 aromatic rings. The number of nitrogens with zero attached hydrogens (tertiary/aromatic N) is 2. The van der Waals surface area contributed by atoms with Gasteiger partial charge in [0.25, 0.3) is 0 Å². The first kappa shape index (κ1) is 10.8. The Morgan fingerprint density at radius 1 is 1.57 bits per heavy atom. The number of imidazole rings is 1. The van der Waals surface area contributed by atoms with Crippen molar-refractivity contribution in [3.8, 4) is 0 Å². The molecule has 14 heavy (non-hydrogen) atoms. The van der Waals surface area contributed by atoms with Crippen molar-refractivity contribution in [1.29, 1.82) is 0 Å². The van der Waals surface area contributed by atoms with Crippen LogP contribution in [-0.4, -0.2) is 21.0 Å². The Balaban J connectivity index is 2.54. The summed E-state index contributed by atoms with van der Waals surface area (Å²) < 4.78 is 1.85. The summed E-state index contributed by atoms with van der Waals surface area (Å²) in [5, 5.41) is 2.89. The fourth-order valence-electron chi connectivity index (χ4n) is 1.17. The van der Waals surface area contributed by atoms with Gasteiger partial charge in [-0.25, -0.2) is 4.98 Å². The normalized spacial score (nSPS) is 11.4. The van der Waals surface area contributed by atoms with Crippen LogP contribution in [0.2, 0.25) is 0 Å². The second-order valence-corrected chi connectivity index (χ2v) is 4.43. The van der Waals surface area contributed by atoms with Gasteiger partial charge in [0.2, 0.25) is 5.91 Å². The molecule has 78 valence electrons. The van der Waals surface area contributed by atoms with Gasteiger partial charge in [0, 0.05) is 25.0 Å². The molecule has 0 fully saturated rings. The molecule has 0 bridgehead atoms. The molecule has 0 aliphatic carbocycles. The third kappa shape index (κ3) is 3.20. The quantitative estimate of drug-likeness (QED) is 0.761. The van der Waals surface area contributed by atoms with Gasteiger partial charge in [-0.05, 0) is 20.8 Å². The molecule has 0 aromatic carbocycles. The number of amides is 1. The molecule has 0 saturated carbocycles. The zero-order valence-corrected chi connectivity index (χ0v) is 9.16. The monoisotopic (exact) mass is 195 g/mol. The van der Waals surface area contributed by atoms with Crippen LogP contribution in [0.25, 0.3) is 0 Å². The van der Waals surface area contributed by atoms with Crippen LogP contribution in [0.4, 0.5) is 0 Å². The second-order valence-electron chi connectivity index (χ2n) is 4.43. The largest absolute Gasteiger partial charge is 0.351 e. The molecule has 0 saturated heterocycles. The highest BCUT2D eigenvalue weighted by Gasteiger charge is 2.15. The number of carbonyl (C=O) groups excluding carboxylic acids is 1. The summed E-state index contributed by atoms with van der Waals surface area (Å²) >= 11 is 0. The van der Waals surface area contributed by atoms with E-state index >= 15 is 0 Å². The van der Waals surface area contributed by atoms with E-state index in [1.165, 1.54) is 0 Å². The van der Waals surface area contributed by atoms with Crippen LogP contribution in [0, 0.1) is 0 Å². The van der Waals surface area contributed by atoms with Gasteiger partial charge in [-0.15, -0.1) is 0 Å². The lowest BCUT2D eigenvalue weighted by Gasteiger charge is -2.20. The van der Waals surface area contributed by atoms with Gasteiger partial charge in [0.15, 0.2) is 0 Å². The number of carbonyl (C=O) groups is 1. The van der Waals surface area contributed by atoms with Crippen LogP contribution in [0.3, 0.4) is 0 Å². The summed E-state index contributed by atoms with van der Waals surface area (Å²) in [7, 11) is 1.88. The van der Waals surface area contributed by atoms with Crippen LogP contribution in [0.1, 0.15) is 26.6 Å². The molecule has 0 radical (unpaired) electrons. The van der Waals surface area contributed by atoms with E-state index < -0.39 is 0 Å². The van der Waals surface area contributed by atoms with Gasteiger partial charge < -0.3 is 9.88 Å². The van der Waals surface area contributed by atoms with Gasteiger partial charge in [0.1, 0.15) is 5.82 Å². The van der Waals surface area contributed by atoms with Crippen molar-refractivity contribution in [3.05, 3.63) is 18.2 Å². The van der Waals surface area contributed by atoms with Crippen LogP contribution in [0.15, 0.2) is 12.4 Å². The van der Waals surface area contributed by atoms with Crippen LogP contribution >= 0.6 is 0 Å². The lowest BCUT2D eigenvalue weighted by molar-refractivity contribution is -0.121. The van der Waals surface area contributed by atoms with Crippen molar-refractivity contribution in [3.63, 3.8) is 0 Å². The minimum atomic E-state index is -0.178. The number of rotatable bonds is 2. The predicted molar refractivity (Wildman–Crippen MR) is 54.8 cm³/mol. The molecule has 1 N–H and O–H groups in total. The maximum atomic E-state index is 11.5. The lowest BCUT2D eigenvalue weighted by atomic mass is 10.1. The summed E-state index contributed by atoms with van der Waals surface area (Å²) in [6.07, 6.45) is 3.86. The van der Waals surface area contributed by atoms with E-state index in [1.807, 2.05) is 38.6 Å². The molecular formula is C10H17N3O. The Bertz CT molecular complexity index is 322. The van der Waals surface area contributed by atoms with Gasteiger partial charge in [-0.1, -0.05) is 0 Å². The Morgan fingerprint density at radius 2 is 2.21 bits per heavy atom. The third-order valence-corrected chi connectivity index (χ3v) is 1.75. The molecule has 0 aliphatic heterocycles. The number of aromatic nitrogens is 2. The third-order valence-electron chi connectivity index (χ3n) is 1.75. The molecule has 1 aromatic heterocycles. The molecule has 1 heterocycles. The van der Waals surface area contributed by atoms with Gasteiger partial charge in [-0.2, -0.15) is 0 Å². The molecular weight excluding hydrogens is 178 g/mol. The average Bonchev–Trinajstić information content (AvgIpc) is 2.32. The first-order chi connectivity index (χ1) is 6.38. The molecule has 4 heteroatoms. The zero-order valence-electron chi connectivity index (χ0n) is 9.16. The smallest absolute Gasteiger partial charge is 0.227 e. The first-order valence-electron chi connectivity index (χ1n) is 4.66. The summed E-state index contributed by atoms with van der Waals surface area (Å²) in [6.45, 7) is 5.88. The molecule has 0 spiro atoms. The summed E-state index contributed by atoms with van der Waals surface area (Å²) in [4.78, 5) is 15.6. The van der Waals surface area contributed by atoms with E-state index in [0.717, 1.165) is 5.82 Å². The number of hydrogen-bond donors (Lipinski definition) is 1. The number of hydrogen-bond acceptors (Lipinski definition) is 2. The number of nitrogens with one attached hydrogen (secondary N) is 1. The average molecular weight is 195 g/mol. The van der Waals surface area contributed by atoms with Crippen molar-refractivity contribution in [2.24, 2.45) is 7.05 Å². The van der Waals surface area contributed by atoms with Crippen molar-refractivity contribution < 1.29 is 4.79 Å². The van der Waals surface area contributed by atoms with E-state index in [-0.39, 0.29) is 11.4 Å². The molecule has 0 aliphatic rings. The SMILES string of the molecule is Cn1ccnc1CC(=O)NC(C)(C)C. The van der Waals surface area contributed by atoms with E-state index in [0.29, 0.717) is 6.42 Å². The fourth-order valence-corrected chi connectivity index (χ4v) is 1.17. The van der Waals surface area contributed by atoms with Crippen molar-refractivity contribution in [2.45, 2.75) is 32.7 Å². The highest BCUT2D eigenvalue weighted by atomic mass is 16.1. The molecule has 1 amide bonds. The first-order valence-corrected chi connectivity index (χ1v) is 4.66. The Labute approximate surface area is 84.3 Å². The van der Waals surface area contributed by atoms with Crippen molar-refractivity contribution >= 4 is 5.91 Å². The van der Waals surface area contributed by atoms with Crippen molar-refractivity contribution in [2.75, 3.05) is 0 Å². The second kappa shape index (κ2) is 3.82.